The van der Waals surface area contributed by atoms with Crippen LogP contribution in [0, 0.1) is 0 Å². The Hall–Kier alpha value is -2.93. The molecule has 6 nitrogen and oxygen atoms in total. The predicted molar refractivity (Wildman–Crippen MR) is 109 cm³/mol. The SMILES string of the molecule is CCOc1ccc(C(C)=NNC(=O)c2cc(-c3ccc(Br)cc3)n[nH]2)cc1. The van der Waals surface area contributed by atoms with Gasteiger partial charge in [-0.25, -0.2) is 5.43 Å². The molecule has 3 aromatic rings. The van der Waals surface area contributed by atoms with Crippen LogP contribution >= 0.6 is 15.9 Å². The van der Waals surface area contributed by atoms with Crippen LogP contribution in [0.25, 0.3) is 11.3 Å². The number of aromatic nitrogens is 2. The zero-order chi connectivity index (χ0) is 19.2. The second-order valence-electron chi connectivity index (χ2n) is 5.77. The molecule has 27 heavy (non-hydrogen) atoms. The van der Waals surface area contributed by atoms with Gasteiger partial charge in [0.25, 0.3) is 5.91 Å². The van der Waals surface area contributed by atoms with Crippen molar-refractivity contribution in [3.8, 4) is 17.0 Å². The topological polar surface area (TPSA) is 79.4 Å². The summed E-state index contributed by atoms with van der Waals surface area (Å²) in [6, 6.07) is 16.9. The molecule has 3 rings (SSSR count). The Morgan fingerprint density at radius 2 is 1.89 bits per heavy atom. The molecule has 138 valence electrons. The number of carbonyl (C=O) groups excluding carboxylic acids is 1. The Bertz CT molecular complexity index is 947. The molecule has 0 fully saturated rings. The number of aromatic amines is 1. The molecule has 1 heterocycles. The van der Waals surface area contributed by atoms with E-state index in [4.69, 9.17) is 4.74 Å². The van der Waals surface area contributed by atoms with Gasteiger partial charge in [-0.1, -0.05) is 28.1 Å². The summed E-state index contributed by atoms with van der Waals surface area (Å²) in [6.07, 6.45) is 0. The Balaban J connectivity index is 1.66. The summed E-state index contributed by atoms with van der Waals surface area (Å²) < 4.78 is 6.40. The summed E-state index contributed by atoms with van der Waals surface area (Å²) in [7, 11) is 0. The number of amides is 1. The molecule has 0 aliphatic carbocycles. The lowest BCUT2D eigenvalue weighted by Crippen LogP contribution is -2.19. The molecule has 1 amide bonds. The van der Waals surface area contributed by atoms with E-state index in [0.717, 1.165) is 21.3 Å². The van der Waals surface area contributed by atoms with Gasteiger partial charge < -0.3 is 4.74 Å². The molecule has 0 unspecified atom stereocenters. The highest BCUT2D eigenvalue weighted by Crippen LogP contribution is 2.20. The molecule has 0 spiro atoms. The predicted octanol–water partition coefficient (Wildman–Crippen LogP) is 4.39. The van der Waals surface area contributed by atoms with E-state index in [0.29, 0.717) is 23.7 Å². The molecule has 0 aliphatic rings. The van der Waals surface area contributed by atoms with Gasteiger partial charge in [0.2, 0.25) is 0 Å². The van der Waals surface area contributed by atoms with Crippen LogP contribution in [0.1, 0.15) is 29.9 Å². The Morgan fingerprint density at radius 3 is 2.56 bits per heavy atom. The molecule has 0 radical (unpaired) electrons. The van der Waals surface area contributed by atoms with Crippen molar-refractivity contribution in [1.29, 1.82) is 0 Å². The monoisotopic (exact) mass is 426 g/mol. The maximum atomic E-state index is 12.3. The van der Waals surface area contributed by atoms with Gasteiger partial charge in [0.1, 0.15) is 11.4 Å². The van der Waals surface area contributed by atoms with E-state index in [9.17, 15) is 4.79 Å². The molecule has 2 aromatic carbocycles. The Labute approximate surface area is 165 Å². The van der Waals surface area contributed by atoms with Crippen molar-refractivity contribution in [2.45, 2.75) is 13.8 Å². The maximum absolute atomic E-state index is 12.3. The summed E-state index contributed by atoms with van der Waals surface area (Å²) in [4.78, 5) is 12.3. The van der Waals surface area contributed by atoms with E-state index in [1.165, 1.54) is 0 Å². The van der Waals surface area contributed by atoms with Crippen LogP contribution in [0.5, 0.6) is 5.75 Å². The summed E-state index contributed by atoms with van der Waals surface area (Å²) in [5.41, 5.74) is 6.10. The Kier molecular flexibility index (Phi) is 6.03. The van der Waals surface area contributed by atoms with Gasteiger partial charge in [-0.15, -0.1) is 0 Å². The third-order valence-corrected chi connectivity index (χ3v) is 4.40. The largest absolute Gasteiger partial charge is 0.494 e. The standard InChI is InChI=1S/C20H19BrN4O2/c1-3-27-17-10-6-14(7-11-17)13(2)22-25-20(26)19-12-18(23-24-19)15-4-8-16(21)9-5-15/h4-12H,3H2,1-2H3,(H,23,24)(H,25,26). The molecule has 0 aliphatic heterocycles. The van der Waals surface area contributed by atoms with Gasteiger partial charge in [-0.05, 0) is 61.9 Å². The molecule has 7 heteroatoms. The number of hydrogen-bond donors (Lipinski definition) is 2. The quantitative estimate of drug-likeness (QED) is 0.452. The molecule has 0 atom stereocenters. The zero-order valence-corrected chi connectivity index (χ0v) is 16.6. The number of hydrogen-bond acceptors (Lipinski definition) is 4. The van der Waals surface area contributed by atoms with Crippen molar-refractivity contribution < 1.29 is 9.53 Å². The summed E-state index contributed by atoms with van der Waals surface area (Å²) in [5, 5.41) is 11.1. The van der Waals surface area contributed by atoms with Crippen LogP contribution in [-0.2, 0) is 0 Å². The fourth-order valence-electron chi connectivity index (χ4n) is 2.43. The van der Waals surface area contributed by atoms with E-state index in [-0.39, 0.29) is 5.91 Å². The second kappa shape index (κ2) is 8.64. The number of benzene rings is 2. The van der Waals surface area contributed by atoms with Crippen LogP contribution in [0.2, 0.25) is 0 Å². The van der Waals surface area contributed by atoms with Crippen LogP contribution in [-0.4, -0.2) is 28.4 Å². The van der Waals surface area contributed by atoms with Gasteiger partial charge in [0, 0.05) is 10.0 Å². The summed E-state index contributed by atoms with van der Waals surface area (Å²) in [5.74, 6) is 0.451. The first-order valence-corrected chi connectivity index (χ1v) is 9.25. The third kappa shape index (κ3) is 4.83. The van der Waals surface area contributed by atoms with Crippen molar-refractivity contribution in [3.05, 3.63) is 70.3 Å². The van der Waals surface area contributed by atoms with Crippen LogP contribution in [0.4, 0.5) is 0 Å². The third-order valence-electron chi connectivity index (χ3n) is 3.87. The zero-order valence-electron chi connectivity index (χ0n) is 15.0. The lowest BCUT2D eigenvalue weighted by Gasteiger charge is -2.05. The minimum absolute atomic E-state index is 0.344. The number of rotatable bonds is 6. The smallest absolute Gasteiger partial charge is 0.289 e. The van der Waals surface area contributed by atoms with Crippen molar-refractivity contribution in [3.63, 3.8) is 0 Å². The normalized spacial score (nSPS) is 11.3. The van der Waals surface area contributed by atoms with Gasteiger partial charge in [-0.3, -0.25) is 9.89 Å². The van der Waals surface area contributed by atoms with Gasteiger partial charge >= 0.3 is 0 Å². The lowest BCUT2D eigenvalue weighted by molar-refractivity contribution is 0.0950. The van der Waals surface area contributed by atoms with Gasteiger partial charge in [-0.2, -0.15) is 10.2 Å². The molecule has 0 saturated heterocycles. The minimum Gasteiger partial charge on any atom is -0.494 e. The number of ether oxygens (including phenoxy) is 1. The number of nitrogens with zero attached hydrogens (tertiary/aromatic N) is 2. The van der Waals surface area contributed by atoms with Crippen molar-refractivity contribution >= 4 is 27.5 Å². The van der Waals surface area contributed by atoms with E-state index in [1.54, 1.807) is 6.07 Å². The van der Waals surface area contributed by atoms with Crippen molar-refractivity contribution in [2.24, 2.45) is 5.10 Å². The van der Waals surface area contributed by atoms with Crippen LogP contribution < -0.4 is 10.2 Å². The number of nitrogens with one attached hydrogen (secondary N) is 2. The van der Waals surface area contributed by atoms with E-state index in [2.05, 4.69) is 36.7 Å². The summed E-state index contributed by atoms with van der Waals surface area (Å²) >= 11 is 3.40. The van der Waals surface area contributed by atoms with E-state index in [1.807, 2.05) is 62.4 Å². The Morgan fingerprint density at radius 1 is 1.19 bits per heavy atom. The number of H-pyrrole nitrogens is 1. The fourth-order valence-corrected chi connectivity index (χ4v) is 2.69. The molecule has 2 N–H and O–H groups in total. The first-order chi connectivity index (χ1) is 13.1. The lowest BCUT2D eigenvalue weighted by atomic mass is 10.1. The number of halogens is 1. The van der Waals surface area contributed by atoms with Crippen LogP contribution in [0.3, 0.4) is 0 Å². The first kappa shape index (κ1) is 18.8. The highest BCUT2D eigenvalue weighted by Gasteiger charge is 2.11. The fraction of sp³-hybridized carbons (Fsp3) is 0.150. The van der Waals surface area contributed by atoms with E-state index >= 15 is 0 Å². The average Bonchev–Trinajstić information content (AvgIpc) is 3.17. The first-order valence-electron chi connectivity index (χ1n) is 8.46. The van der Waals surface area contributed by atoms with Gasteiger partial charge in [0.15, 0.2) is 0 Å². The van der Waals surface area contributed by atoms with E-state index < -0.39 is 0 Å². The molecule has 0 saturated carbocycles. The minimum atomic E-state index is -0.351. The highest BCUT2D eigenvalue weighted by atomic mass is 79.9. The average molecular weight is 427 g/mol. The molecular formula is C20H19BrN4O2. The van der Waals surface area contributed by atoms with Crippen molar-refractivity contribution in [2.75, 3.05) is 6.61 Å². The number of hydrazone groups is 1. The summed E-state index contributed by atoms with van der Waals surface area (Å²) in [6.45, 7) is 4.39. The second-order valence-corrected chi connectivity index (χ2v) is 6.68. The van der Waals surface area contributed by atoms with Crippen LogP contribution in [0.15, 0.2) is 64.2 Å². The molecular weight excluding hydrogens is 408 g/mol. The molecule has 0 bridgehead atoms. The van der Waals surface area contributed by atoms with Crippen molar-refractivity contribution in [1.82, 2.24) is 15.6 Å². The number of carbonyl (C=O) groups is 1. The highest BCUT2D eigenvalue weighted by molar-refractivity contribution is 9.10. The maximum Gasteiger partial charge on any atom is 0.289 e. The van der Waals surface area contributed by atoms with Gasteiger partial charge in [0.05, 0.1) is 18.0 Å². The molecule has 1 aromatic heterocycles.